The van der Waals surface area contributed by atoms with E-state index in [1.165, 1.54) is 18.2 Å². The van der Waals surface area contributed by atoms with E-state index >= 15 is 0 Å². The molecule has 0 bridgehead atoms. The van der Waals surface area contributed by atoms with E-state index in [4.69, 9.17) is 26.2 Å². The topological polar surface area (TPSA) is 84.9 Å². The van der Waals surface area contributed by atoms with Crippen molar-refractivity contribution in [3.63, 3.8) is 0 Å². The maximum absolute atomic E-state index is 11.5. The second kappa shape index (κ2) is 8.79. The molecule has 0 unspecified atom stereocenters. The van der Waals surface area contributed by atoms with Crippen LogP contribution in [-0.4, -0.2) is 30.3 Å². The number of ether oxygens (including phenoxy) is 2. The van der Waals surface area contributed by atoms with E-state index < -0.39 is 12.1 Å². The SMILES string of the molecule is O=C(NCCOc1ccc(C(=O)O)cc1Cl)OCc1ccccc1. The zero-order valence-electron chi connectivity index (χ0n) is 12.7. The van der Waals surface area contributed by atoms with Gasteiger partial charge in [0, 0.05) is 0 Å². The molecule has 6 nitrogen and oxygen atoms in total. The quantitative estimate of drug-likeness (QED) is 0.749. The maximum atomic E-state index is 11.5. The molecular formula is C17H16ClNO5. The van der Waals surface area contributed by atoms with E-state index in [9.17, 15) is 9.59 Å². The fraction of sp³-hybridized carbons (Fsp3) is 0.176. The summed E-state index contributed by atoms with van der Waals surface area (Å²) in [5.41, 5.74) is 0.976. The highest BCUT2D eigenvalue weighted by atomic mass is 35.5. The van der Waals surface area contributed by atoms with Gasteiger partial charge >= 0.3 is 12.1 Å². The second-order valence-corrected chi connectivity index (χ2v) is 5.19. The molecule has 126 valence electrons. The van der Waals surface area contributed by atoms with E-state index in [1.54, 1.807) is 0 Å². The number of carboxylic acid groups (broad SMARTS) is 1. The molecule has 2 aromatic carbocycles. The van der Waals surface area contributed by atoms with Gasteiger partial charge in [0.15, 0.2) is 0 Å². The molecule has 0 atom stereocenters. The molecule has 1 amide bonds. The van der Waals surface area contributed by atoms with Crippen LogP contribution in [0.25, 0.3) is 0 Å². The van der Waals surface area contributed by atoms with Crippen molar-refractivity contribution in [3.8, 4) is 5.75 Å². The van der Waals surface area contributed by atoms with Crippen molar-refractivity contribution in [3.05, 3.63) is 64.7 Å². The largest absolute Gasteiger partial charge is 0.490 e. The summed E-state index contributed by atoms with van der Waals surface area (Å²) in [5.74, 6) is -0.715. The van der Waals surface area contributed by atoms with Crippen LogP contribution in [0.3, 0.4) is 0 Å². The van der Waals surface area contributed by atoms with E-state index in [0.29, 0.717) is 5.75 Å². The summed E-state index contributed by atoms with van der Waals surface area (Å²) in [6.45, 7) is 0.590. The molecule has 24 heavy (non-hydrogen) atoms. The highest BCUT2D eigenvalue weighted by molar-refractivity contribution is 6.32. The summed E-state index contributed by atoms with van der Waals surface area (Å²) >= 11 is 5.93. The van der Waals surface area contributed by atoms with Crippen molar-refractivity contribution in [1.29, 1.82) is 0 Å². The molecule has 0 aliphatic heterocycles. The number of hydrogen-bond donors (Lipinski definition) is 2. The average Bonchev–Trinajstić information content (AvgIpc) is 2.58. The molecule has 7 heteroatoms. The normalized spacial score (nSPS) is 10.0. The summed E-state index contributed by atoms with van der Waals surface area (Å²) < 4.78 is 10.4. The van der Waals surface area contributed by atoms with Gasteiger partial charge in [0.1, 0.15) is 19.0 Å². The van der Waals surface area contributed by atoms with Gasteiger partial charge in [-0.05, 0) is 23.8 Å². The Bertz CT molecular complexity index is 705. The summed E-state index contributed by atoms with van der Waals surface area (Å²) in [6, 6.07) is 13.5. The Labute approximate surface area is 144 Å². The van der Waals surface area contributed by atoms with E-state index in [1.807, 2.05) is 30.3 Å². The number of carbonyl (C=O) groups excluding carboxylic acids is 1. The van der Waals surface area contributed by atoms with E-state index in [-0.39, 0.29) is 30.3 Å². The molecule has 0 fully saturated rings. The van der Waals surface area contributed by atoms with Crippen LogP contribution in [0, 0.1) is 0 Å². The Morgan fingerprint density at radius 3 is 2.54 bits per heavy atom. The predicted octanol–water partition coefficient (Wildman–Crippen LogP) is 3.34. The summed E-state index contributed by atoms with van der Waals surface area (Å²) in [5, 5.41) is 11.6. The van der Waals surface area contributed by atoms with Gasteiger partial charge < -0.3 is 19.9 Å². The predicted molar refractivity (Wildman–Crippen MR) is 88.5 cm³/mol. The van der Waals surface area contributed by atoms with Gasteiger partial charge in [0.25, 0.3) is 0 Å². The minimum Gasteiger partial charge on any atom is -0.490 e. The first-order chi connectivity index (χ1) is 11.6. The molecule has 0 aliphatic rings. The Balaban J connectivity index is 1.69. The van der Waals surface area contributed by atoms with Gasteiger partial charge in [0.2, 0.25) is 0 Å². The number of amides is 1. The third-order valence-corrected chi connectivity index (χ3v) is 3.32. The second-order valence-electron chi connectivity index (χ2n) is 4.79. The molecule has 0 aliphatic carbocycles. The highest BCUT2D eigenvalue weighted by Crippen LogP contribution is 2.25. The number of aromatic carboxylic acids is 1. The number of rotatable bonds is 7. The molecule has 0 saturated carbocycles. The lowest BCUT2D eigenvalue weighted by atomic mass is 10.2. The first kappa shape index (κ1) is 17.6. The first-order valence-corrected chi connectivity index (χ1v) is 7.54. The molecule has 0 heterocycles. The molecule has 0 radical (unpaired) electrons. The van der Waals surface area contributed by atoms with Crippen molar-refractivity contribution >= 4 is 23.7 Å². The van der Waals surface area contributed by atoms with Gasteiger partial charge in [-0.2, -0.15) is 0 Å². The van der Waals surface area contributed by atoms with Crippen LogP contribution in [0.4, 0.5) is 4.79 Å². The third kappa shape index (κ3) is 5.48. The lowest BCUT2D eigenvalue weighted by Gasteiger charge is -2.10. The zero-order chi connectivity index (χ0) is 17.4. The lowest BCUT2D eigenvalue weighted by molar-refractivity contribution is 0.0696. The van der Waals surface area contributed by atoms with Crippen LogP contribution < -0.4 is 10.1 Å². The van der Waals surface area contributed by atoms with Crippen LogP contribution in [0.2, 0.25) is 5.02 Å². The van der Waals surface area contributed by atoms with Gasteiger partial charge in [-0.15, -0.1) is 0 Å². The molecule has 0 spiro atoms. The first-order valence-electron chi connectivity index (χ1n) is 7.16. The maximum Gasteiger partial charge on any atom is 0.407 e. The minimum absolute atomic E-state index is 0.0787. The molecule has 2 N–H and O–H groups in total. The highest BCUT2D eigenvalue weighted by Gasteiger charge is 2.08. The minimum atomic E-state index is -1.06. The standard InChI is InChI=1S/C17H16ClNO5/c18-14-10-13(16(20)21)6-7-15(14)23-9-8-19-17(22)24-11-12-4-2-1-3-5-12/h1-7,10H,8-9,11H2,(H,19,22)(H,20,21). The van der Waals surface area contributed by atoms with E-state index in [2.05, 4.69) is 5.32 Å². The fourth-order valence-electron chi connectivity index (χ4n) is 1.84. The third-order valence-electron chi connectivity index (χ3n) is 3.02. The van der Waals surface area contributed by atoms with Crippen molar-refractivity contribution in [1.82, 2.24) is 5.32 Å². The molecule has 2 aromatic rings. The lowest BCUT2D eigenvalue weighted by Crippen LogP contribution is -2.28. The number of halogens is 1. The van der Waals surface area contributed by atoms with Crippen molar-refractivity contribution in [2.75, 3.05) is 13.2 Å². The van der Waals surface area contributed by atoms with Crippen molar-refractivity contribution in [2.24, 2.45) is 0 Å². The van der Waals surface area contributed by atoms with Crippen molar-refractivity contribution in [2.45, 2.75) is 6.61 Å². The molecule has 0 saturated heterocycles. The molecule has 2 rings (SSSR count). The summed E-state index contributed by atoms with van der Waals surface area (Å²) in [4.78, 5) is 22.3. The van der Waals surface area contributed by atoms with Gasteiger partial charge in [-0.25, -0.2) is 9.59 Å². The fourth-order valence-corrected chi connectivity index (χ4v) is 2.07. The van der Waals surface area contributed by atoms with Crippen LogP contribution in [0.5, 0.6) is 5.75 Å². The molecular weight excluding hydrogens is 334 g/mol. The number of nitrogens with one attached hydrogen (secondary N) is 1. The smallest absolute Gasteiger partial charge is 0.407 e. The van der Waals surface area contributed by atoms with Crippen molar-refractivity contribution < 1.29 is 24.2 Å². The van der Waals surface area contributed by atoms with Gasteiger partial charge in [-0.3, -0.25) is 0 Å². The zero-order valence-corrected chi connectivity index (χ0v) is 13.5. The Hall–Kier alpha value is -2.73. The van der Waals surface area contributed by atoms with Crippen LogP contribution in [0.1, 0.15) is 15.9 Å². The van der Waals surface area contributed by atoms with Gasteiger partial charge in [-0.1, -0.05) is 41.9 Å². The average molecular weight is 350 g/mol. The Kier molecular flexibility index (Phi) is 6.45. The van der Waals surface area contributed by atoms with Crippen LogP contribution >= 0.6 is 11.6 Å². The summed E-state index contributed by atoms with van der Waals surface area (Å²) in [6.07, 6.45) is -0.547. The molecule has 0 aromatic heterocycles. The number of carboxylic acids is 1. The number of benzene rings is 2. The Morgan fingerprint density at radius 1 is 1.12 bits per heavy atom. The van der Waals surface area contributed by atoms with Crippen LogP contribution in [0.15, 0.2) is 48.5 Å². The van der Waals surface area contributed by atoms with Crippen LogP contribution in [-0.2, 0) is 11.3 Å². The summed E-state index contributed by atoms with van der Waals surface area (Å²) in [7, 11) is 0. The van der Waals surface area contributed by atoms with Gasteiger partial charge in [0.05, 0.1) is 17.1 Å². The van der Waals surface area contributed by atoms with E-state index in [0.717, 1.165) is 5.56 Å². The Morgan fingerprint density at radius 2 is 1.88 bits per heavy atom. The number of hydrogen-bond acceptors (Lipinski definition) is 4. The number of carbonyl (C=O) groups is 2. The monoisotopic (exact) mass is 349 g/mol. The number of alkyl carbamates (subject to hydrolysis) is 1.